The van der Waals surface area contributed by atoms with Crippen molar-refractivity contribution in [3.8, 4) is 0 Å². The maximum atomic E-state index is 12.5. The molecule has 1 heterocycles. The Labute approximate surface area is 141 Å². The Morgan fingerprint density at radius 1 is 1.17 bits per heavy atom. The topological polar surface area (TPSA) is 47.2 Å². The van der Waals surface area contributed by atoms with E-state index in [1.54, 1.807) is 25.3 Å². The number of hydrogen-bond donors (Lipinski definition) is 0. The molecular weight excluding hydrogens is 354 g/mol. The van der Waals surface area contributed by atoms with Gasteiger partial charge in [-0.1, -0.05) is 52.3 Å². The minimum atomic E-state index is -0.182. The molecule has 0 saturated carbocycles. The Kier molecular flexibility index (Phi) is 4.48. The van der Waals surface area contributed by atoms with Crippen molar-refractivity contribution in [2.24, 2.45) is 5.10 Å². The molecule has 0 saturated heterocycles. The molecule has 23 heavy (non-hydrogen) atoms. The van der Waals surface area contributed by atoms with E-state index in [1.807, 2.05) is 48.5 Å². The molecule has 0 bridgehead atoms. The smallest absolute Gasteiger partial charge is 0.267 e. The lowest BCUT2D eigenvalue weighted by molar-refractivity contribution is 0.771. The standard InChI is InChI=1S/C18H14BrN3O/c1-13-21-17-10-9-15(19)12-16(17)18(23)22(13)20-11-5-8-14-6-3-2-4-7-14/h2-12H,1H3/b8-5+,20-11?. The summed E-state index contributed by atoms with van der Waals surface area (Å²) in [6, 6.07) is 15.3. The fraction of sp³-hybridized carbons (Fsp3) is 0.0556. The molecule has 2 aromatic carbocycles. The normalized spacial score (nSPS) is 11.7. The molecule has 0 spiro atoms. The van der Waals surface area contributed by atoms with Gasteiger partial charge in [-0.3, -0.25) is 4.79 Å². The molecule has 5 heteroatoms. The number of aryl methyl sites for hydroxylation is 1. The van der Waals surface area contributed by atoms with Crippen LogP contribution in [0.2, 0.25) is 0 Å². The number of allylic oxidation sites excluding steroid dienone is 1. The zero-order valence-electron chi connectivity index (χ0n) is 12.5. The van der Waals surface area contributed by atoms with E-state index in [1.165, 1.54) is 4.68 Å². The monoisotopic (exact) mass is 367 g/mol. The zero-order chi connectivity index (χ0) is 16.2. The van der Waals surface area contributed by atoms with Gasteiger partial charge in [0.2, 0.25) is 0 Å². The summed E-state index contributed by atoms with van der Waals surface area (Å²) in [5.74, 6) is 0.550. The lowest BCUT2D eigenvalue weighted by Gasteiger charge is -2.05. The third kappa shape index (κ3) is 3.46. The second kappa shape index (κ2) is 6.71. The Balaban J connectivity index is 1.95. The summed E-state index contributed by atoms with van der Waals surface area (Å²) in [4.78, 5) is 16.9. The highest BCUT2D eigenvalue weighted by molar-refractivity contribution is 9.10. The van der Waals surface area contributed by atoms with Crippen LogP contribution in [-0.4, -0.2) is 15.9 Å². The lowest BCUT2D eigenvalue weighted by atomic mass is 10.2. The second-order valence-corrected chi connectivity index (χ2v) is 5.89. The average molecular weight is 368 g/mol. The number of rotatable bonds is 3. The highest BCUT2D eigenvalue weighted by Crippen LogP contribution is 2.15. The molecule has 0 aliphatic rings. The van der Waals surface area contributed by atoms with Crippen LogP contribution in [0.1, 0.15) is 11.4 Å². The summed E-state index contributed by atoms with van der Waals surface area (Å²) in [5.41, 5.74) is 1.56. The summed E-state index contributed by atoms with van der Waals surface area (Å²) in [6.07, 6.45) is 5.31. The van der Waals surface area contributed by atoms with Crippen molar-refractivity contribution in [3.63, 3.8) is 0 Å². The van der Waals surface area contributed by atoms with Crippen molar-refractivity contribution in [1.82, 2.24) is 9.66 Å². The predicted octanol–water partition coefficient (Wildman–Crippen LogP) is 4.01. The van der Waals surface area contributed by atoms with Gasteiger partial charge in [0.1, 0.15) is 5.82 Å². The molecule has 0 atom stereocenters. The SMILES string of the molecule is Cc1nc2ccc(Br)cc2c(=O)n1N=C/C=C/c1ccccc1. The number of halogens is 1. The molecule has 0 amide bonds. The van der Waals surface area contributed by atoms with Gasteiger partial charge in [-0.05, 0) is 36.8 Å². The highest BCUT2D eigenvalue weighted by atomic mass is 79.9. The minimum Gasteiger partial charge on any atom is -0.267 e. The quantitative estimate of drug-likeness (QED) is 0.656. The largest absolute Gasteiger partial charge is 0.282 e. The molecule has 0 N–H and O–H groups in total. The van der Waals surface area contributed by atoms with E-state index in [-0.39, 0.29) is 5.56 Å². The molecule has 0 aliphatic heterocycles. The average Bonchev–Trinajstić information content (AvgIpc) is 2.56. The molecule has 4 nitrogen and oxygen atoms in total. The predicted molar refractivity (Wildman–Crippen MR) is 97.8 cm³/mol. The van der Waals surface area contributed by atoms with Crippen molar-refractivity contribution in [1.29, 1.82) is 0 Å². The third-order valence-electron chi connectivity index (χ3n) is 3.33. The van der Waals surface area contributed by atoms with Crippen molar-refractivity contribution in [2.75, 3.05) is 0 Å². The van der Waals surface area contributed by atoms with Crippen molar-refractivity contribution >= 4 is 39.1 Å². The minimum absolute atomic E-state index is 0.182. The zero-order valence-corrected chi connectivity index (χ0v) is 14.1. The van der Waals surface area contributed by atoms with Gasteiger partial charge in [0.25, 0.3) is 5.56 Å². The van der Waals surface area contributed by atoms with Crippen LogP contribution in [-0.2, 0) is 0 Å². The number of aromatic nitrogens is 2. The number of fused-ring (bicyclic) bond motifs is 1. The number of hydrogen-bond acceptors (Lipinski definition) is 3. The third-order valence-corrected chi connectivity index (χ3v) is 3.82. The van der Waals surface area contributed by atoms with E-state index in [0.29, 0.717) is 16.7 Å². The van der Waals surface area contributed by atoms with Crippen molar-refractivity contribution < 1.29 is 0 Å². The van der Waals surface area contributed by atoms with Crippen LogP contribution < -0.4 is 5.56 Å². The van der Waals surface area contributed by atoms with Crippen LogP contribution in [0, 0.1) is 6.92 Å². The molecule has 0 fully saturated rings. The highest BCUT2D eigenvalue weighted by Gasteiger charge is 2.07. The van der Waals surface area contributed by atoms with Crippen LogP contribution in [0.5, 0.6) is 0 Å². The van der Waals surface area contributed by atoms with E-state index < -0.39 is 0 Å². The van der Waals surface area contributed by atoms with Gasteiger partial charge in [0, 0.05) is 10.7 Å². The summed E-state index contributed by atoms with van der Waals surface area (Å²) >= 11 is 3.37. The molecule has 0 radical (unpaired) electrons. The van der Waals surface area contributed by atoms with Crippen LogP contribution in [0.25, 0.3) is 17.0 Å². The van der Waals surface area contributed by atoms with Crippen LogP contribution >= 0.6 is 15.9 Å². The Bertz CT molecular complexity index is 959. The van der Waals surface area contributed by atoms with Gasteiger partial charge in [0.05, 0.1) is 10.9 Å². The van der Waals surface area contributed by atoms with Crippen molar-refractivity contribution in [3.05, 3.63) is 80.8 Å². The molecule has 114 valence electrons. The molecule has 3 aromatic rings. The van der Waals surface area contributed by atoms with Gasteiger partial charge in [-0.2, -0.15) is 9.78 Å². The fourth-order valence-electron chi connectivity index (χ4n) is 2.22. The number of nitrogens with zero attached hydrogens (tertiary/aromatic N) is 3. The number of benzene rings is 2. The molecular formula is C18H14BrN3O. The van der Waals surface area contributed by atoms with Gasteiger partial charge in [0.15, 0.2) is 0 Å². The first kappa shape index (κ1) is 15.4. The first-order valence-corrected chi connectivity index (χ1v) is 7.89. The van der Waals surface area contributed by atoms with E-state index in [2.05, 4.69) is 26.0 Å². The maximum absolute atomic E-state index is 12.5. The molecule has 3 rings (SSSR count). The fourth-order valence-corrected chi connectivity index (χ4v) is 2.58. The second-order valence-electron chi connectivity index (χ2n) is 4.97. The lowest BCUT2D eigenvalue weighted by Crippen LogP contribution is -2.20. The first-order valence-electron chi connectivity index (χ1n) is 7.10. The summed E-state index contributed by atoms with van der Waals surface area (Å²) in [5, 5.41) is 4.75. The van der Waals surface area contributed by atoms with Crippen LogP contribution in [0.3, 0.4) is 0 Å². The first-order chi connectivity index (χ1) is 11.1. The van der Waals surface area contributed by atoms with Gasteiger partial charge < -0.3 is 0 Å². The van der Waals surface area contributed by atoms with E-state index >= 15 is 0 Å². The van der Waals surface area contributed by atoms with Gasteiger partial charge >= 0.3 is 0 Å². The van der Waals surface area contributed by atoms with E-state index in [4.69, 9.17) is 0 Å². The summed E-state index contributed by atoms with van der Waals surface area (Å²) in [6.45, 7) is 1.77. The van der Waals surface area contributed by atoms with Crippen LogP contribution in [0.15, 0.2) is 69.0 Å². The molecule has 0 aliphatic carbocycles. The Hall–Kier alpha value is -2.53. The summed E-state index contributed by atoms with van der Waals surface area (Å²) < 4.78 is 2.15. The molecule has 0 unspecified atom stereocenters. The Morgan fingerprint density at radius 3 is 2.74 bits per heavy atom. The van der Waals surface area contributed by atoms with Crippen LogP contribution in [0.4, 0.5) is 0 Å². The summed E-state index contributed by atoms with van der Waals surface area (Å²) in [7, 11) is 0. The van der Waals surface area contributed by atoms with Gasteiger partial charge in [-0.25, -0.2) is 4.98 Å². The maximum Gasteiger partial charge on any atom is 0.282 e. The van der Waals surface area contributed by atoms with E-state index in [9.17, 15) is 4.79 Å². The van der Waals surface area contributed by atoms with Crippen molar-refractivity contribution in [2.45, 2.75) is 6.92 Å². The van der Waals surface area contributed by atoms with E-state index in [0.717, 1.165) is 10.0 Å². The molecule has 1 aromatic heterocycles. The van der Waals surface area contributed by atoms with Gasteiger partial charge in [-0.15, -0.1) is 0 Å². The Morgan fingerprint density at radius 2 is 1.96 bits per heavy atom.